The first-order valence-electron chi connectivity index (χ1n) is 45.3. The number of nitrogens with two attached hydrogens (primary N) is 2. The lowest BCUT2D eigenvalue weighted by Crippen LogP contribution is -2.58. The molecule has 6 aliphatic carbocycles. The molecular weight excluding hydrogens is 1540 g/mol. The van der Waals surface area contributed by atoms with Crippen LogP contribution < -0.4 is 28.1 Å². The van der Waals surface area contributed by atoms with E-state index in [1.807, 2.05) is 65.2 Å². The van der Waals surface area contributed by atoms with E-state index in [4.69, 9.17) is 30.7 Å². The minimum absolute atomic E-state index is 0.0129. The van der Waals surface area contributed by atoms with E-state index < -0.39 is 75.7 Å². The number of piperidine rings is 6. The van der Waals surface area contributed by atoms with Gasteiger partial charge in [0.1, 0.15) is 6.61 Å². The third-order valence-electron chi connectivity index (χ3n) is 29.7. The second-order valence-corrected chi connectivity index (χ2v) is 37.9. The maximum Gasteiger partial charge on any atom is 0.360 e. The van der Waals surface area contributed by atoms with Crippen molar-refractivity contribution in [3.05, 3.63) is 121 Å². The van der Waals surface area contributed by atoms with Crippen LogP contribution in [0.3, 0.4) is 0 Å². The zero-order valence-electron chi connectivity index (χ0n) is 70.5. The van der Waals surface area contributed by atoms with E-state index in [-0.39, 0.29) is 48.4 Å². The number of hydrogen-bond acceptors (Lipinski definition) is 21. The van der Waals surface area contributed by atoms with E-state index in [0.29, 0.717) is 82.0 Å². The van der Waals surface area contributed by atoms with E-state index in [1.165, 1.54) is 181 Å². The lowest BCUT2D eigenvalue weighted by atomic mass is 9.68. The number of aromatic nitrogens is 6. The number of carboxylic acids is 3. The molecule has 0 spiro atoms. The zero-order chi connectivity index (χ0) is 84.3. The van der Waals surface area contributed by atoms with E-state index in [9.17, 15) is 53.7 Å². The van der Waals surface area contributed by atoms with Gasteiger partial charge in [0.15, 0.2) is 23.7 Å². The van der Waals surface area contributed by atoms with Gasteiger partial charge in [0, 0.05) is 79.6 Å². The second kappa shape index (κ2) is 37.4. The molecule has 7 N–H and O–H groups in total. The summed E-state index contributed by atoms with van der Waals surface area (Å²) in [4.78, 5) is 139. The van der Waals surface area contributed by atoms with Crippen LogP contribution in [0.25, 0.3) is 33.1 Å². The topological polar surface area (TPSA) is 386 Å². The van der Waals surface area contributed by atoms with Gasteiger partial charge in [-0.15, -0.1) is 0 Å². The SMILES string of the molecule is CC(C)(O/N=C(\C(=O)O)c1nc2ccccc2n(C2CC3CCCC(C2)N3C2CC3CCCC(C3)C2)c1=O)C(N)=O.COCCO/N=C(\C(=O)O)c1nc2ccccc2n(C2CC3CCCC(C2)N3C2CC3CCCCC(C3)C2)c1=O.NC(=O)CO/N=C(\C(=O)O)c1nc2ccccc2n(C2CC3CCCC(C2)N3C2CC3CCCCC(C3)C2)c1=O. The third-order valence-corrected chi connectivity index (χ3v) is 29.7. The van der Waals surface area contributed by atoms with E-state index in [2.05, 4.69) is 45.1 Å². The molecule has 9 heterocycles. The fourth-order valence-electron chi connectivity index (χ4n) is 24.9. The summed E-state index contributed by atoms with van der Waals surface area (Å²) in [6.07, 6.45) is 43.0. The largest absolute Gasteiger partial charge is 0.476 e. The van der Waals surface area contributed by atoms with Crippen LogP contribution in [-0.4, -0.2) is 192 Å². The highest BCUT2D eigenvalue weighted by Gasteiger charge is 2.50. The number of benzene rings is 3. The monoisotopic (exact) mass is 1660 g/mol. The highest BCUT2D eigenvalue weighted by atomic mass is 16.7. The summed E-state index contributed by atoms with van der Waals surface area (Å²) in [7, 11) is 1.52. The molecule has 6 saturated carbocycles. The Morgan fingerprint density at radius 2 is 0.669 bits per heavy atom. The number of ether oxygens (including phenoxy) is 1. The lowest BCUT2D eigenvalue weighted by molar-refractivity contribution is -0.140. The van der Waals surface area contributed by atoms with Gasteiger partial charge in [-0.2, -0.15) is 0 Å². The van der Waals surface area contributed by atoms with Gasteiger partial charge in [0.05, 0.1) is 39.7 Å². The molecule has 29 nitrogen and oxygen atoms in total. The summed E-state index contributed by atoms with van der Waals surface area (Å²) in [6.45, 7) is 2.52. The first-order valence-corrected chi connectivity index (χ1v) is 45.3. The van der Waals surface area contributed by atoms with Crippen LogP contribution >= 0.6 is 0 Å². The van der Waals surface area contributed by atoms with Crippen LogP contribution in [0.2, 0.25) is 0 Å². The summed E-state index contributed by atoms with van der Waals surface area (Å²) in [5, 5.41) is 40.9. The number of amides is 2. The van der Waals surface area contributed by atoms with Gasteiger partial charge in [-0.05, 0) is 221 Å². The van der Waals surface area contributed by atoms with Crippen molar-refractivity contribution in [1.29, 1.82) is 0 Å². The number of carboxylic acid groups (broad SMARTS) is 3. The first kappa shape index (κ1) is 85.3. The van der Waals surface area contributed by atoms with Crippen molar-refractivity contribution in [2.24, 2.45) is 62.4 Å². The molecule has 6 aliphatic heterocycles. The molecule has 650 valence electrons. The molecule has 12 atom stereocenters. The van der Waals surface area contributed by atoms with Crippen molar-refractivity contribution < 1.29 is 58.5 Å². The number of hydrogen-bond donors (Lipinski definition) is 5. The Morgan fingerprint density at radius 1 is 0.380 bits per heavy atom. The number of carbonyl (C=O) groups excluding carboxylic acids is 2. The quantitative estimate of drug-likeness (QED) is 0.0239. The van der Waals surface area contributed by atoms with Gasteiger partial charge in [-0.1, -0.05) is 142 Å². The summed E-state index contributed by atoms with van der Waals surface area (Å²) in [5.41, 5.74) is 8.74. The predicted molar refractivity (Wildman–Crippen MR) is 457 cm³/mol. The molecule has 12 aliphatic rings. The van der Waals surface area contributed by atoms with Crippen molar-refractivity contribution in [3.8, 4) is 0 Å². The molecule has 12 fully saturated rings. The standard InChI is InChI=1S/C31H41N5O5.C31H42N4O5.C30H39N5O5/c1-31(2,30(32)40)41-34-27(29(38)39)26-28(37)36(25-12-4-3-11-24(25)33-26)23-16-20-9-6-10-21(17-23)35(20)22-14-18-7-5-8-19(13-18)15-22;1-39-13-14-40-33-29(31(37)38)28-30(36)35(27-12-5-4-11-26(27)32-28)25-18-22-9-6-10-23(19-25)34(22)24-16-20-7-2-3-8-21(15-20)17-24;31-26(36)17-40-33-28(30(38)39)27-29(37)35(25-11-4-3-10-24(25)32-27)23-15-20-8-5-9-21(16-23)34(20)22-13-18-6-1-2-7-19(12-18)14-22/h3-4,11-12,18-23H,5-10,13-17H2,1-2H3,(H2,32,40)(H,38,39);4-5,11-12,20-25H,2-3,6-10,13-19H2,1H3,(H,37,38);3-4,10-11,18-23H,1-2,5-9,12-17H2,(H2,31,36)(H,38,39)/b34-27-;33-29-;33-28-. The Balaban J connectivity index is 0.000000135. The molecule has 2 amide bonds. The van der Waals surface area contributed by atoms with Crippen LogP contribution in [0.15, 0.2) is 103 Å². The van der Waals surface area contributed by atoms with E-state index in [0.717, 1.165) is 105 Å². The van der Waals surface area contributed by atoms with E-state index >= 15 is 0 Å². The molecule has 3 aromatic heterocycles. The van der Waals surface area contributed by atoms with Gasteiger partial charge >= 0.3 is 17.9 Å². The smallest absolute Gasteiger partial charge is 0.360 e. The summed E-state index contributed by atoms with van der Waals surface area (Å²) >= 11 is 0. The second-order valence-electron chi connectivity index (χ2n) is 37.9. The van der Waals surface area contributed by atoms with Gasteiger partial charge < -0.3 is 59.7 Å². The Labute approximate surface area is 705 Å². The van der Waals surface area contributed by atoms with Crippen LogP contribution in [-0.2, 0) is 43.2 Å². The molecule has 6 aromatic rings. The highest BCUT2D eigenvalue weighted by Crippen LogP contribution is 2.52. The number of primary amides is 2. The normalized spacial score (nSPS) is 30.9. The average Bonchev–Trinajstić information content (AvgIpc) is 0.859. The molecule has 6 saturated heterocycles. The van der Waals surface area contributed by atoms with Crippen molar-refractivity contribution in [3.63, 3.8) is 0 Å². The van der Waals surface area contributed by atoms with Gasteiger partial charge in [0.25, 0.3) is 28.5 Å². The molecule has 12 unspecified atom stereocenters. The number of fused-ring (bicyclic) bond motifs is 15. The fourth-order valence-corrected chi connectivity index (χ4v) is 24.9. The number of methoxy groups -OCH3 is 1. The van der Waals surface area contributed by atoms with Gasteiger partial charge in [-0.3, -0.25) is 38.7 Å². The Hall–Kier alpha value is -9.32. The third kappa shape index (κ3) is 18.5. The Bertz CT molecular complexity index is 5020. The lowest BCUT2D eigenvalue weighted by Gasteiger charge is -2.55. The summed E-state index contributed by atoms with van der Waals surface area (Å²) in [6, 6.07) is 26.5. The number of carbonyl (C=O) groups is 5. The van der Waals surface area contributed by atoms with Crippen molar-refractivity contribution in [1.82, 2.24) is 43.4 Å². The summed E-state index contributed by atoms with van der Waals surface area (Å²) in [5.74, 6) is -0.706. The number of nitrogens with zero attached hydrogens (tertiary/aromatic N) is 12. The highest BCUT2D eigenvalue weighted by molar-refractivity contribution is 6.43. The summed E-state index contributed by atoms with van der Waals surface area (Å²) < 4.78 is 10.3. The van der Waals surface area contributed by atoms with Gasteiger partial charge in [-0.25, -0.2) is 29.3 Å². The maximum atomic E-state index is 14.1. The number of oxime groups is 3. The molecule has 29 heteroatoms. The van der Waals surface area contributed by atoms with Crippen LogP contribution in [0, 0.1) is 35.5 Å². The number of aliphatic carboxylic acids is 3. The molecule has 18 rings (SSSR count). The van der Waals surface area contributed by atoms with Crippen molar-refractivity contribution in [2.45, 2.75) is 317 Å². The molecule has 12 bridgehead atoms. The van der Waals surface area contributed by atoms with Crippen molar-refractivity contribution >= 4 is 80.0 Å². The van der Waals surface area contributed by atoms with Crippen molar-refractivity contribution in [2.75, 3.05) is 26.9 Å². The minimum atomic E-state index is -1.56. The van der Waals surface area contributed by atoms with Crippen LogP contribution in [0.5, 0.6) is 0 Å². The Kier molecular flexibility index (Phi) is 26.4. The Morgan fingerprint density at radius 3 is 0.967 bits per heavy atom. The van der Waals surface area contributed by atoms with Crippen LogP contribution in [0.4, 0.5) is 0 Å². The fraction of sp³-hybridized carbons (Fsp3) is 0.652. The molecular formula is C92H122N14O15. The van der Waals surface area contributed by atoms with Gasteiger partial charge in [0.2, 0.25) is 22.7 Å². The van der Waals surface area contributed by atoms with E-state index in [1.54, 1.807) is 21.3 Å². The average molecular weight is 1660 g/mol. The zero-order valence-corrected chi connectivity index (χ0v) is 70.5. The number of rotatable bonds is 22. The number of para-hydroxylation sites is 6. The minimum Gasteiger partial charge on any atom is -0.476 e. The maximum absolute atomic E-state index is 14.1. The molecule has 0 radical (unpaired) electrons. The molecule has 3 aromatic carbocycles. The molecule has 121 heavy (non-hydrogen) atoms. The van der Waals surface area contributed by atoms with Crippen LogP contribution in [0.1, 0.15) is 274 Å². The predicted octanol–water partition coefficient (Wildman–Crippen LogP) is 12.4. The first-order chi connectivity index (χ1) is 58.5.